The predicted octanol–water partition coefficient (Wildman–Crippen LogP) is 3.32. The Morgan fingerprint density at radius 3 is 2.76 bits per heavy atom. The number of unbranched alkanes of at least 4 members (excludes halogenated alkanes) is 1. The fraction of sp³-hybridized carbons (Fsp3) is 0.533. The summed E-state index contributed by atoms with van der Waals surface area (Å²) in [6.45, 7) is 1.95. The average molecular weight is 301 g/mol. The summed E-state index contributed by atoms with van der Waals surface area (Å²) < 4.78 is 40.5. The number of carboxylic acids is 1. The highest BCUT2D eigenvalue weighted by molar-refractivity contribution is 5.73. The lowest BCUT2D eigenvalue weighted by atomic mass is 10.0. The summed E-state index contributed by atoms with van der Waals surface area (Å²) in [6, 6.07) is -0.404. The molecule has 0 saturated heterocycles. The smallest absolute Gasteiger partial charge is 0.320 e. The van der Waals surface area contributed by atoms with Gasteiger partial charge in [0.1, 0.15) is 6.04 Å². The predicted molar refractivity (Wildman–Crippen MR) is 71.5 cm³/mol. The van der Waals surface area contributed by atoms with Crippen LogP contribution in [0.2, 0.25) is 0 Å². The highest BCUT2D eigenvalue weighted by Crippen LogP contribution is 2.35. The minimum absolute atomic E-state index is 0.0663. The maximum Gasteiger partial charge on any atom is 0.320 e. The Hall–Kier alpha value is -1.56. The first-order chi connectivity index (χ1) is 9.95. The van der Waals surface area contributed by atoms with Crippen molar-refractivity contribution in [3.8, 4) is 0 Å². The van der Waals surface area contributed by atoms with E-state index in [1.807, 2.05) is 6.92 Å². The molecule has 1 aliphatic carbocycles. The van der Waals surface area contributed by atoms with E-state index < -0.39 is 35.5 Å². The van der Waals surface area contributed by atoms with Crippen LogP contribution in [0.4, 0.5) is 13.2 Å². The van der Waals surface area contributed by atoms with Crippen molar-refractivity contribution in [2.75, 3.05) is 0 Å². The average Bonchev–Trinajstić information content (AvgIpc) is 2.83. The summed E-state index contributed by atoms with van der Waals surface area (Å²) in [4.78, 5) is 11.2. The monoisotopic (exact) mass is 301 g/mol. The van der Waals surface area contributed by atoms with E-state index in [4.69, 9.17) is 0 Å². The maximum atomic E-state index is 13.9. The van der Waals surface area contributed by atoms with Gasteiger partial charge < -0.3 is 5.11 Å². The lowest BCUT2D eigenvalue weighted by molar-refractivity contribution is -0.140. The Balaban J connectivity index is 2.22. The number of fused-ring (bicyclic) bond motifs is 1. The number of nitrogens with one attached hydrogen (secondary N) is 1. The molecule has 6 heteroatoms. The Morgan fingerprint density at radius 2 is 2.14 bits per heavy atom. The zero-order chi connectivity index (χ0) is 15.6. The second-order valence-electron chi connectivity index (χ2n) is 5.35. The first kappa shape index (κ1) is 15.8. The molecule has 0 spiro atoms. The molecule has 1 unspecified atom stereocenters. The van der Waals surface area contributed by atoms with Gasteiger partial charge in [-0.3, -0.25) is 10.1 Å². The van der Waals surface area contributed by atoms with Gasteiger partial charge in [0.25, 0.3) is 0 Å². The Labute approximate surface area is 121 Å². The standard InChI is InChI=1S/C15H18F3NO2/c1-2-3-4-11(15(20)21)19-10-6-5-8-7-9(16)13(17)14(18)12(8)10/h7,10-11,19H,2-6H2,1H3,(H,20,21)/t10?,11-/m0/s1. The summed E-state index contributed by atoms with van der Waals surface area (Å²) in [6.07, 6.45) is 2.83. The second kappa shape index (κ2) is 6.47. The van der Waals surface area contributed by atoms with Crippen LogP contribution in [-0.2, 0) is 11.2 Å². The van der Waals surface area contributed by atoms with Gasteiger partial charge in [0.05, 0.1) is 0 Å². The normalized spacial score (nSPS) is 18.6. The van der Waals surface area contributed by atoms with Crippen molar-refractivity contribution in [2.24, 2.45) is 0 Å². The zero-order valence-corrected chi connectivity index (χ0v) is 11.8. The number of carbonyl (C=O) groups is 1. The number of rotatable bonds is 6. The molecule has 1 aromatic carbocycles. The minimum atomic E-state index is -1.50. The number of hydrogen-bond donors (Lipinski definition) is 2. The van der Waals surface area contributed by atoms with Gasteiger partial charge >= 0.3 is 5.97 Å². The van der Waals surface area contributed by atoms with Gasteiger partial charge in [-0.2, -0.15) is 0 Å². The molecular weight excluding hydrogens is 283 g/mol. The molecule has 0 heterocycles. The summed E-state index contributed by atoms with van der Waals surface area (Å²) in [7, 11) is 0. The highest BCUT2D eigenvalue weighted by atomic mass is 19.2. The van der Waals surface area contributed by atoms with Gasteiger partial charge in [-0.15, -0.1) is 0 Å². The molecule has 0 bridgehead atoms. The molecule has 2 N–H and O–H groups in total. The van der Waals surface area contributed by atoms with Gasteiger partial charge in [0.2, 0.25) is 0 Å². The summed E-state index contributed by atoms with van der Waals surface area (Å²) >= 11 is 0. The second-order valence-corrected chi connectivity index (χ2v) is 5.35. The van der Waals surface area contributed by atoms with E-state index in [0.29, 0.717) is 24.8 Å². The van der Waals surface area contributed by atoms with Crippen LogP contribution in [0.15, 0.2) is 6.07 Å². The number of hydrogen-bond acceptors (Lipinski definition) is 2. The van der Waals surface area contributed by atoms with Crippen molar-refractivity contribution in [1.29, 1.82) is 0 Å². The van der Waals surface area contributed by atoms with Crippen LogP contribution >= 0.6 is 0 Å². The topological polar surface area (TPSA) is 49.3 Å². The molecule has 0 fully saturated rings. The molecule has 2 atom stereocenters. The molecule has 3 nitrogen and oxygen atoms in total. The molecule has 0 aliphatic heterocycles. The van der Waals surface area contributed by atoms with E-state index in [2.05, 4.69) is 5.32 Å². The van der Waals surface area contributed by atoms with E-state index in [9.17, 15) is 23.1 Å². The van der Waals surface area contributed by atoms with Gasteiger partial charge in [0, 0.05) is 11.6 Å². The fourth-order valence-corrected chi connectivity index (χ4v) is 2.78. The van der Waals surface area contributed by atoms with Gasteiger partial charge in [-0.1, -0.05) is 19.8 Å². The van der Waals surface area contributed by atoms with Crippen molar-refractivity contribution in [2.45, 2.75) is 51.1 Å². The molecule has 1 aliphatic rings. The van der Waals surface area contributed by atoms with E-state index in [1.54, 1.807) is 0 Å². The van der Waals surface area contributed by atoms with Gasteiger partial charge in [0.15, 0.2) is 17.5 Å². The Morgan fingerprint density at radius 1 is 1.43 bits per heavy atom. The van der Waals surface area contributed by atoms with E-state index >= 15 is 0 Å². The van der Waals surface area contributed by atoms with Crippen molar-refractivity contribution in [1.82, 2.24) is 5.32 Å². The minimum Gasteiger partial charge on any atom is -0.480 e. The molecule has 21 heavy (non-hydrogen) atoms. The lowest BCUT2D eigenvalue weighted by Crippen LogP contribution is -2.38. The summed E-state index contributed by atoms with van der Waals surface area (Å²) in [5.41, 5.74) is 0.472. The molecule has 2 rings (SSSR count). The van der Waals surface area contributed by atoms with E-state index in [-0.39, 0.29) is 5.56 Å². The lowest BCUT2D eigenvalue weighted by Gasteiger charge is -2.21. The summed E-state index contributed by atoms with van der Waals surface area (Å²) in [5, 5.41) is 12.1. The molecule has 0 aromatic heterocycles. The molecule has 0 amide bonds. The van der Waals surface area contributed by atoms with Crippen LogP contribution in [0.25, 0.3) is 0 Å². The fourth-order valence-electron chi connectivity index (χ4n) is 2.78. The van der Waals surface area contributed by atoms with Crippen LogP contribution in [-0.4, -0.2) is 17.1 Å². The molecular formula is C15H18F3NO2. The Bertz CT molecular complexity index is 548. The van der Waals surface area contributed by atoms with Crippen LogP contribution in [0, 0.1) is 17.5 Å². The number of aryl methyl sites for hydroxylation is 1. The maximum absolute atomic E-state index is 13.9. The molecule has 1 aromatic rings. The van der Waals surface area contributed by atoms with Crippen molar-refractivity contribution >= 4 is 5.97 Å². The molecule has 0 saturated carbocycles. The molecule has 116 valence electrons. The van der Waals surface area contributed by atoms with E-state index in [1.165, 1.54) is 0 Å². The first-order valence-electron chi connectivity index (χ1n) is 7.10. The third-order valence-electron chi connectivity index (χ3n) is 3.88. The number of carboxylic acid groups (broad SMARTS) is 1. The van der Waals surface area contributed by atoms with Crippen LogP contribution in [0.5, 0.6) is 0 Å². The quantitative estimate of drug-likeness (QED) is 0.792. The third-order valence-corrected chi connectivity index (χ3v) is 3.88. The van der Waals surface area contributed by atoms with E-state index in [0.717, 1.165) is 18.9 Å². The zero-order valence-electron chi connectivity index (χ0n) is 11.8. The van der Waals surface area contributed by atoms with Crippen LogP contribution in [0.3, 0.4) is 0 Å². The Kier molecular flexibility index (Phi) is 4.88. The SMILES string of the molecule is CCCC[C@H](NC1CCc2cc(F)c(F)c(F)c21)C(=O)O. The van der Waals surface area contributed by atoms with Crippen molar-refractivity contribution in [3.05, 3.63) is 34.6 Å². The largest absolute Gasteiger partial charge is 0.480 e. The van der Waals surface area contributed by atoms with Crippen molar-refractivity contribution < 1.29 is 23.1 Å². The number of aliphatic carboxylic acids is 1. The first-order valence-corrected chi connectivity index (χ1v) is 7.10. The summed E-state index contributed by atoms with van der Waals surface area (Å²) in [5.74, 6) is -4.92. The van der Waals surface area contributed by atoms with Gasteiger partial charge in [-0.05, 0) is 30.9 Å². The number of benzene rings is 1. The third kappa shape index (κ3) is 3.20. The van der Waals surface area contributed by atoms with Gasteiger partial charge in [-0.25, -0.2) is 13.2 Å². The van der Waals surface area contributed by atoms with Crippen molar-refractivity contribution in [3.63, 3.8) is 0 Å². The highest BCUT2D eigenvalue weighted by Gasteiger charge is 2.32. The van der Waals surface area contributed by atoms with Crippen LogP contribution < -0.4 is 5.32 Å². The number of halogens is 3. The molecule has 0 radical (unpaired) electrons. The van der Waals surface area contributed by atoms with Crippen LogP contribution in [0.1, 0.15) is 49.8 Å².